The smallest absolute Gasteiger partial charge is 0.416 e. The zero-order valence-corrected chi connectivity index (χ0v) is 19.1. The Morgan fingerprint density at radius 3 is 2.53 bits per heavy atom. The van der Waals surface area contributed by atoms with Gasteiger partial charge in [-0.25, -0.2) is 4.39 Å². The Balaban J connectivity index is 1.42. The van der Waals surface area contributed by atoms with Crippen LogP contribution in [0.5, 0.6) is 0 Å². The van der Waals surface area contributed by atoms with E-state index < -0.39 is 29.5 Å². The number of nitrogens with zero attached hydrogens (tertiary/aromatic N) is 2. The molecule has 2 atom stereocenters. The molecule has 0 saturated carbocycles. The van der Waals surface area contributed by atoms with Gasteiger partial charge in [-0.05, 0) is 60.0 Å². The van der Waals surface area contributed by atoms with Gasteiger partial charge in [0.15, 0.2) is 5.76 Å². The van der Waals surface area contributed by atoms with Gasteiger partial charge < -0.3 is 19.5 Å². The number of piperazine rings is 1. The van der Waals surface area contributed by atoms with Gasteiger partial charge in [0.1, 0.15) is 5.82 Å². The Labute approximate surface area is 204 Å². The molecule has 0 spiro atoms. The van der Waals surface area contributed by atoms with E-state index in [2.05, 4.69) is 5.32 Å². The van der Waals surface area contributed by atoms with E-state index in [4.69, 9.17) is 4.42 Å². The molecule has 0 unspecified atom stereocenters. The average molecular weight is 501 g/mol. The number of alkyl halides is 3. The molecule has 0 bridgehead atoms. The number of amides is 2. The minimum absolute atomic E-state index is 0.0957. The summed E-state index contributed by atoms with van der Waals surface area (Å²) in [6, 6.07) is 12.0. The van der Waals surface area contributed by atoms with Crippen LogP contribution in [0.2, 0.25) is 0 Å². The fraction of sp³-hybridized carbons (Fsp3) is 0.308. The third-order valence-corrected chi connectivity index (χ3v) is 6.78. The summed E-state index contributed by atoms with van der Waals surface area (Å²) in [7, 11) is 0. The van der Waals surface area contributed by atoms with Gasteiger partial charge in [0.25, 0.3) is 5.91 Å². The second-order valence-corrected chi connectivity index (χ2v) is 8.99. The van der Waals surface area contributed by atoms with Crippen LogP contribution < -0.4 is 10.2 Å². The first-order chi connectivity index (χ1) is 17.2. The number of furan rings is 1. The van der Waals surface area contributed by atoms with Crippen molar-refractivity contribution in [3.8, 4) is 0 Å². The fourth-order valence-corrected chi connectivity index (χ4v) is 4.96. The second kappa shape index (κ2) is 9.33. The maximum absolute atomic E-state index is 13.4. The summed E-state index contributed by atoms with van der Waals surface area (Å²) in [4.78, 5) is 29.8. The van der Waals surface area contributed by atoms with E-state index in [9.17, 15) is 27.2 Å². The molecule has 5 rings (SSSR count). The molecule has 2 aliphatic rings. The minimum atomic E-state index is -4.50. The Hall–Kier alpha value is -3.82. The number of hydrogen-bond donors (Lipinski definition) is 1. The van der Waals surface area contributed by atoms with E-state index in [0.29, 0.717) is 29.9 Å². The van der Waals surface area contributed by atoms with Crippen LogP contribution in [-0.4, -0.2) is 42.4 Å². The normalized spacial score (nSPS) is 19.4. The van der Waals surface area contributed by atoms with Gasteiger partial charge in [-0.1, -0.05) is 12.1 Å². The first-order valence-electron chi connectivity index (χ1n) is 11.5. The first kappa shape index (κ1) is 23.9. The number of fused-ring (bicyclic) bond motifs is 3. The highest BCUT2D eigenvalue weighted by atomic mass is 19.4. The number of carbonyl (C=O) groups is 2. The van der Waals surface area contributed by atoms with Crippen molar-refractivity contribution in [2.75, 3.05) is 24.5 Å². The molecular formula is C26H23F4N3O3. The monoisotopic (exact) mass is 501 g/mol. The summed E-state index contributed by atoms with van der Waals surface area (Å²) in [6.45, 7) is 1.05. The zero-order valence-electron chi connectivity index (χ0n) is 19.1. The van der Waals surface area contributed by atoms with Gasteiger partial charge in [0.05, 0.1) is 23.8 Å². The van der Waals surface area contributed by atoms with Crippen molar-refractivity contribution < 1.29 is 31.6 Å². The number of rotatable bonds is 4. The lowest BCUT2D eigenvalue weighted by molar-refractivity contribution is -0.137. The molecule has 6 nitrogen and oxygen atoms in total. The summed E-state index contributed by atoms with van der Waals surface area (Å²) in [5.74, 6) is -1.55. The summed E-state index contributed by atoms with van der Waals surface area (Å²) < 4.78 is 58.6. The molecule has 1 saturated heterocycles. The van der Waals surface area contributed by atoms with Gasteiger partial charge in [-0.2, -0.15) is 13.2 Å². The number of carbonyl (C=O) groups excluding carboxylic acids is 2. The Kier molecular flexibility index (Phi) is 6.19. The van der Waals surface area contributed by atoms with Crippen molar-refractivity contribution in [3.05, 3.63) is 89.1 Å². The molecule has 1 aromatic heterocycles. The SMILES string of the molecule is O=C(NCc1ccc(F)cc1)[C@@H]1Cc2cc(C(F)(F)F)ccc2N2CCN(C(=O)c3ccco3)C[C@H]12. The van der Waals surface area contributed by atoms with Gasteiger partial charge >= 0.3 is 6.18 Å². The van der Waals surface area contributed by atoms with Crippen LogP contribution in [0.4, 0.5) is 23.2 Å². The van der Waals surface area contributed by atoms with Crippen LogP contribution in [0.15, 0.2) is 65.3 Å². The molecular weight excluding hydrogens is 478 g/mol. The van der Waals surface area contributed by atoms with Crippen molar-refractivity contribution in [1.29, 1.82) is 0 Å². The molecule has 2 amide bonds. The van der Waals surface area contributed by atoms with E-state index in [1.165, 1.54) is 24.5 Å². The van der Waals surface area contributed by atoms with E-state index >= 15 is 0 Å². The number of benzene rings is 2. The summed E-state index contributed by atoms with van der Waals surface area (Å²) in [6.07, 6.45) is -3.00. The molecule has 188 valence electrons. The molecule has 0 radical (unpaired) electrons. The quantitative estimate of drug-likeness (QED) is 0.543. The molecule has 36 heavy (non-hydrogen) atoms. The first-order valence-corrected chi connectivity index (χ1v) is 11.5. The average Bonchev–Trinajstić information content (AvgIpc) is 3.41. The molecule has 1 N–H and O–H groups in total. The van der Waals surface area contributed by atoms with Crippen molar-refractivity contribution in [1.82, 2.24) is 10.2 Å². The van der Waals surface area contributed by atoms with Crippen LogP contribution >= 0.6 is 0 Å². The van der Waals surface area contributed by atoms with Crippen molar-refractivity contribution in [3.63, 3.8) is 0 Å². The lowest BCUT2D eigenvalue weighted by atomic mass is 9.82. The molecule has 3 aromatic rings. The number of anilines is 1. The highest BCUT2D eigenvalue weighted by molar-refractivity contribution is 5.92. The zero-order chi connectivity index (χ0) is 25.4. The molecule has 0 aliphatic carbocycles. The third-order valence-electron chi connectivity index (χ3n) is 6.78. The van der Waals surface area contributed by atoms with Crippen molar-refractivity contribution >= 4 is 17.5 Å². The van der Waals surface area contributed by atoms with E-state index in [0.717, 1.165) is 12.1 Å². The standard InChI is InChI=1S/C26H23F4N3O3/c27-19-6-3-16(4-7-19)14-31-24(34)20-13-17-12-18(26(28,29)30)5-8-21(17)33-10-9-32(15-22(20)33)25(35)23-2-1-11-36-23/h1-8,11-12,20,22H,9-10,13-15H2,(H,31,34)/t20-,22-/m1/s1. The van der Waals surface area contributed by atoms with Gasteiger partial charge in [-0.15, -0.1) is 0 Å². The maximum Gasteiger partial charge on any atom is 0.416 e. The second-order valence-electron chi connectivity index (χ2n) is 8.99. The lowest BCUT2D eigenvalue weighted by Crippen LogP contribution is -2.62. The topological polar surface area (TPSA) is 65.8 Å². The largest absolute Gasteiger partial charge is 0.459 e. The van der Waals surface area contributed by atoms with Crippen LogP contribution in [0.25, 0.3) is 0 Å². The van der Waals surface area contributed by atoms with Gasteiger partial charge in [-0.3, -0.25) is 9.59 Å². The summed E-state index contributed by atoms with van der Waals surface area (Å²) in [5, 5.41) is 2.84. The van der Waals surface area contributed by atoms with Gasteiger partial charge in [0.2, 0.25) is 5.91 Å². The Bertz CT molecular complexity index is 1260. The molecule has 10 heteroatoms. The molecule has 2 aromatic carbocycles. The predicted molar refractivity (Wildman–Crippen MR) is 123 cm³/mol. The number of halogens is 4. The predicted octanol–water partition coefficient (Wildman–Crippen LogP) is 4.26. The van der Waals surface area contributed by atoms with E-state index in [-0.39, 0.29) is 37.1 Å². The Morgan fingerprint density at radius 1 is 1.06 bits per heavy atom. The van der Waals surface area contributed by atoms with Crippen LogP contribution in [-0.2, 0) is 23.9 Å². The number of nitrogens with one attached hydrogen (secondary N) is 1. The van der Waals surface area contributed by atoms with E-state index in [1.54, 1.807) is 29.2 Å². The van der Waals surface area contributed by atoms with E-state index in [1.807, 2.05) is 4.90 Å². The van der Waals surface area contributed by atoms with Crippen molar-refractivity contribution in [2.24, 2.45) is 5.92 Å². The summed E-state index contributed by atoms with van der Waals surface area (Å²) in [5.41, 5.74) is 1.00. The lowest BCUT2D eigenvalue weighted by Gasteiger charge is -2.49. The maximum atomic E-state index is 13.4. The number of hydrogen-bond acceptors (Lipinski definition) is 4. The Morgan fingerprint density at radius 2 is 1.83 bits per heavy atom. The van der Waals surface area contributed by atoms with Crippen molar-refractivity contribution in [2.45, 2.75) is 25.2 Å². The highest BCUT2D eigenvalue weighted by Gasteiger charge is 2.43. The summed E-state index contributed by atoms with van der Waals surface area (Å²) >= 11 is 0. The van der Waals surface area contributed by atoms with Crippen LogP contribution in [0.3, 0.4) is 0 Å². The van der Waals surface area contributed by atoms with Gasteiger partial charge in [0, 0.05) is 31.9 Å². The highest BCUT2D eigenvalue weighted by Crippen LogP contribution is 2.40. The molecule has 3 heterocycles. The molecule has 2 aliphatic heterocycles. The molecule has 1 fully saturated rings. The fourth-order valence-electron chi connectivity index (χ4n) is 4.96. The van der Waals surface area contributed by atoms with Crippen LogP contribution in [0.1, 0.15) is 27.2 Å². The third kappa shape index (κ3) is 4.67. The minimum Gasteiger partial charge on any atom is -0.459 e. The van der Waals surface area contributed by atoms with Crippen LogP contribution in [0, 0.1) is 11.7 Å².